The summed E-state index contributed by atoms with van der Waals surface area (Å²) in [6.45, 7) is 5.74. The van der Waals surface area contributed by atoms with Gasteiger partial charge in [-0.2, -0.15) is 13.2 Å². The summed E-state index contributed by atoms with van der Waals surface area (Å²) in [5.41, 5.74) is 1.52. The lowest BCUT2D eigenvalue weighted by Gasteiger charge is -2.18. The lowest BCUT2D eigenvalue weighted by Crippen LogP contribution is -2.26. The van der Waals surface area contributed by atoms with Crippen LogP contribution in [-0.4, -0.2) is 60.3 Å². The molecule has 0 saturated carbocycles. The van der Waals surface area contributed by atoms with E-state index in [0.29, 0.717) is 56.0 Å². The molecule has 1 saturated heterocycles. The van der Waals surface area contributed by atoms with Crippen LogP contribution in [0.4, 0.5) is 30.2 Å². The molecule has 3 aromatic rings. The zero-order valence-electron chi connectivity index (χ0n) is 23.3. The van der Waals surface area contributed by atoms with Gasteiger partial charge >= 0.3 is 6.18 Å². The third-order valence-electron chi connectivity index (χ3n) is 6.64. The Morgan fingerprint density at radius 1 is 1.10 bits per heavy atom. The molecule has 224 valence electrons. The molecule has 0 unspecified atom stereocenters. The Bertz CT molecular complexity index is 1460. The van der Waals surface area contributed by atoms with E-state index in [1.165, 1.54) is 13.0 Å². The van der Waals surface area contributed by atoms with Gasteiger partial charge in [0, 0.05) is 44.8 Å². The molecule has 0 atom stereocenters. The number of hydrogen-bond acceptors (Lipinski definition) is 8. The predicted octanol–water partition coefficient (Wildman–Crippen LogP) is 4.67. The van der Waals surface area contributed by atoms with Crippen LogP contribution in [0.1, 0.15) is 50.8 Å². The Morgan fingerprint density at radius 2 is 1.83 bits per heavy atom. The number of nitrogens with zero attached hydrogens (tertiary/aromatic N) is 3. The minimum Gasteiger partial charge on any atom is -0.858 e. The van der Waals surface area contributed by atoms with Gasteiger partial charge in [0.15, 0.2) is 5.69 Å². The maximum absolute atomic E-state index is 13.5. The van der Waals surface area contributed by atoms with Crippen molar-refractivity contribution >= 4 is 46.1 Å². The summed E-state index contributed by atoms with van der Waals surface area (Å²) in [4.78, 5) is 33.5. The van der Waals surface area contributed by atoms with E-state index in [2.05, 4.69) is 25.9 Å². The second kappa shape index (κ2) is 13.7. The number of thiazole rings is 1. The van der Waals surface area contributed by atoms with E-state index in [1.807, 2.05) is 31.2 Å². The average molecular weight is 602 g/mol. The van der Waals surface area contributed by atoms with Crippen molar-refractivity contribution in [3.8, 4) is 0 Å². The summed E-state index contributed by atoms with van der Waals surface area (Å²) < 4.78 is 40.6. The highest BCUT2D eigenvalue weighted by Crippen LogP contribution is 2.35. The number of nitrogens with one attached hydrogen (secondary N) is 3. The third-order valence-corrected chi connectivity index (χ3v) is 7.61. The standard InChI is InChI=1S/C29H33F3N6O3S/c1-18-7-3-4-8-21(18)33-13-14-34-22-11-10-20(27(40)35-12-6-16-38-15-5-9-24(38)39)17-23(22)37-28(41)25-26(29(30,31)32)36-19(2)42-25/h3-4,7-8,10-11,17,33-34H,5-6,9,12-16H2,1-2H3,(H,35,40)(H,37,41)/p-1. The second-order valence-electron chi connectivity index (χ2n) is 9.82. The van der Waals surface area contributed by atoms with Crippen molar-refractivity contribution in [2.45, 2.75) is 39.3 Å². The summed E-state index contributed by atoms with van der Waals surface area (Å²) in [7, 11) is 0. The number of anilines is 3. The summed E-state index contributed by atoms with van der Waals surface area (Å²) >= 11 is 0.642. The Kier molecular flexibility index (Phi) is 10.0. The van der Waals surface area contributed by atoms with Gasteiger partial charge in [-0.25, -0.2) is 4.98 Å². The molecule has 13 heteroatoms. The van der Waals surface area contributed by atoms with Gasteiger partial charge in [-0.1, -0.05) is 24.3 Å². The van der Waals surface area contributed by atoms with E-state index in [4.69, 9.17) is 0 Å². The fourth-order valence-electron chi connectivity index (χ4n) is 4.53. The summed E-state index contributed by atoms with van der Waals surface area (Å²) in [6.07, 6.45) is -2.90. The number of aromatic nitrogens is 1. The molecular formula is C29H32F3N6O3S-. The Morgan fingerprint density at radius 3 is 2.52 bits per heavy atom. The number of amides is 2. The number of benzene rings is 2. The molecule has 1 aliphatic heterocycles. The highest BCUT2D eigenvalue weighted by molar-refractivity contribution is 7.13. The molecule has 1 aliphatic rings. The number of likely N-dealkylation sites (tertiary alicyclic amines) is 1. The van der Waals surface area contributed by atoms with Crippen molar-refractivity contribution in [1.29, 1.82) is 0 Å². The minimum atomic E-state index is -4.80. The van der Waals surface area contributed by atoms with Gasteiger partial charge in [-0.15, -0.1) is 11.3 Å². The fourth-order valence-corrected chi connectivity index (χ4v) is 5.36. The van der Waals surface area contributed by atoms with Crippen LogP contribution in [0.5, 0.6) is 0 Å². The zero-order chi connectivity index (χ0) is 30.3. The van der Waals surface area contributed by atoms with Crippen LogP contribution in [0.3, 0.4) is 0 Å². The van der Waals surface area contributed by atoms with Crippen molar-refractivity contribution in [2.24, 2.45) is 4.99 Å². The summed E-state index contributed by atoms with van der Waals surface area (Å²) in [6, 6.07) is 12.3. The maximum atomic E-state index is 13.5. The van der Waals surface area contributed by atoms with Crippen LogP contribution in [0.25, 0.3) is 0 Å². The van der Waals surface area contributed by atoms with Crippen LogP contribution in [-0.2, 0) is 11.0 Å². The molecule has 0 aliphatic carbocycles. The molecule has 1 fully saturated rings. The lowest BCUT2D eigenvalue weighted by atomic mass is 10.1. The molecule has 0 radical (unpaired) electrons. The molecule has 9 nitrogen and oxygen atoms in total. The third kappa shape index (κ3) is 7.99. The Labute approximate surface area is 245 Å². The molecular weight excluding hydrogens is 569 g/mol. The molecule has 0 bridgehead atoms. The van der Waals surface area contributed by atoms with Gasteiger partial charge in [-0.3, -0.25) is 9.59 Å². The van der Waals surface area contributed by atoms with E-state index < -0.39 is 28.6 Å². The fraction of sp³-hybridized carbons (Fsp3) is 0.379. The number of halogens is 3. The van der Waals surface area contributed by atoms with Crippen molar-refractivity contribution in [3.05, 3.63) is 69.2 Å². The summed E-state index contributed by atoms with van der Waals surface area (Å²) in [5.74, 6) is -1.41. The van der Waals surface area contributed by atoms with Gasteiger partial charge in [0.1, 0.15) is 4.88 Å². The first kappa shape index (κ1) is 30.8. The molecule has 2 heterocycles. The number of aliphatic imine (C=N–C) groups is 1. The number of alkyl halides is 3. The molecule has 1 aromatic heterocycles. The predicted molar refractivity (Wildman–Crippen MR) is 156 cm³/mol. The summed E-state index contributed by atoms with van der Waals surface area (Å²) in [5, 5.41) is 21.9. The van der Waals surface area contributed by atoms with Crippen LogP contribution >= 0.6 is 11.3 Å². The first-order chi connectivity index (χ1) is 20.0. The topological polar surface area (TPSA) is 122 Å². The molecule has 42 heavy (non-hydrogen) atoms. The normalized spacial score (nSPS) is 13.9. The van der Waals surface area contributed by atoms with E-state index >= 15 is 0 Å². The van der Waals surface area contributed by atoms with Crippen molar-refractivity contribution in [2.75, 3.05) is 48.7 Å². The molecule has 0 spiro atoms. The smallest absolute Gasteiger partial charge is 0.435 e. The number of para-hydroxylation sites is 1. The number of rotatable bonds is 12. The van der Waals surface area contributed by atoms with E-state index in [0.717, 1.165) is 17.7 Å². The molecule has 4 rings (SSSR count). The Hall–Kier alpha value is -4.13. The second-order valence-corrected chi connectivity index (χ2v) is 11.0. The monoisotopic (exact) mass is 601 g/mol. The van der Waals surface area contributed by atoms with Crippen molar-refractivity contribution in [3.63, 3.8) is 0 Å². The number of hydrogen-bond donors (Lipinski definition) is 3. The van der Waals surface area contributed by atoms with Gasteiger partial charge in [0.2, 0.25) is 5.91 Å². The van der Waals surface area contributed by atoms with Gasteiger partial charge in [0.25, 0.3) is 5.91 Å². The van der Waals surface area contributed by atoms with Crippen LogP contribution in [0, 0.1) is 13.8 Å². The Balaban J connectivity index is 1.49. The van der Waals surface area contributed by atoms with Crippen LogP contribution in [0.2, 0.25) is 0 Å². The average Bonchev–Trinajstić information content (AvgIpc) is 3.55. The van der Waals surface area contributed by atoms with Crippen LogP contribution in [0.15, 0.2) is 47.5 Å². The maximum Gasteiger partial charge on any atom is 0.435 e. The first-order valence-electron chi connectivity index (χ1n) is 13.6. The SMILES string of the molecule is Cc1nc(C(F)(F)F)c(C(=O)Nc2cc(C([O-])=NCCCN3CCCC3=O)ccc2NCCNc2ccccc2C)s1. The van der Waals surface area contributed by atoms with E-state index in [9.17, 15) is 27.9 Å². The molecule has 2 aromatic carbocycles. The quantitative estimate of drug-likeness (QED) is 0.158. The number of aryl methyl sites for hydroxylation is 2. The zero-order valence-corrected chi connectivity index (χ0v) is 24.1. The highest BCUT2D eigenvalue weighted by atomic mass is 32.1. The van der Waals surface area contributed by atoms with E-state index in [-0.39, 0.29) is 28.7 Å². The molecule has 2 amide bonds. The number of carbonyl (C=O) groups is 2. The minimum absolute atomic E-state index is 0.101. The number of carbonyl (C=O) groups excluding carboxylic acids is 2. The lowest BCUT2D eigenvalue weighted by molar-refractivity contribution is -0.213. The van der Waals surface area contributed by atoms with Gasteiger partial charge in [0.05, 0.1) is 16.4 Å². The highest BCUT2D eigenvalue weighted by Gasteiger charge is 2.39. The van der Waals surface area contributed by atoms with Crippen molar-refractivity contribution < 1.29 is 27.9 Å². The van der Waals surface area contributed by atoms with Gasteiger partial charge < -0.3 is 30.9 Å². The van der Waals surface area contributed by atoms with E-state index in [1.54, 1.807) is 17.0 Å². The van der Waals surface area contributed by atoms with Crippen molar-refractivity contribution in [1.82, 2.24) is 9.88 Å². The largest absolute Gasteiger partial charge is 0.858 e. The van der Waals surface area contributed by atoms with Crippen LogP contribution < -0.4 is 21.1 Å². The molecule has 3 N–H and O–H groups in total. The van der Waals surface area contributed by atoms with Gasteiger partial charge in [-0.05, 0) is 61.9 Å². The first-order valence-corrected chi connectivity index (χ1v) is 14.4.